The first-order valence-electron chi connectivity index (χ1n) is 4.20. The van der Waals surface area contributed by atoms with E-state index in [1.165, 1.54) is 0 Å². The molecule has 2 aromatic rings. The van der Waals surface area contributed by atoms with Crippen LogP contribution in [0.2, 0.25) is 0 Å². The lowest BCUT2D eigenvalue weighted by molar-refractivity contribution is 1.25. The van der Waals surface area contributed by atoms with E-state index in [2.05, 4.69) is 9.97 Å². The highest BCUT2D eigenvalue weighted by molar-refractivity contribution is 5.57. The molecule has 0 amide bonds. The molecule has 0 saturated carbocycles. The molecule has 0 unspecified atom stereocenters. The number of rotatable bonds is 1. The van der Waals surface area contributed by atoms with Gasteiger partial charge in [0.2, 0.25) is 0 Å². The summed E-state index contributed by atoms with van der Waals surface area (Å²) in [6.07, 6.45) is 1.60. The molecule has 0 atom stereocenters. The molecule has 0 aromatic carbocycles. The Labute approximate surface area is 81.6 Å². The summed E-state index contributed by atoms with van der Waals surface area (Å²) in [7, 11) is 0. The summed E-state index contributed by atoms with van der Waals surface area (Å²) >= 11 is 0. The molecule has 2 aromatic heterocycles. The Morgan fingerprint density at radius 1 is 0.929 bits per heavy atom. The molecule has 0 spiro atoms. The Kier molecular flexibility index (Phi) is 2.02. The Bertz CT molecular complexity index is 436. The van der Waals surface area contributed by atoms with Crippen LogP contribution >= 0.6 is 0 Å². The van der Waals surface area contributed by atoms with Crippen LogP contribution in [0.1, 0.15) is 0 Å². The van der Waals surface area contributed by atoms with Crippen molar-refractivity contribution in [3.63, 3.8) is 0 Å². The molecule has 0 aliphatic carbocycles. The summed E-state index contributed by atoms with van der Waals surface area (Å²) in [6.45, 7) is 0. The van der Waals surface area contributed by atoms with Crippen LogP contribution in [-0.2, 0) is 0 Å². The van der Waals surface area contributed by atoms with E-state index in [1.807, 2.05) is 18.2 Å². The molecular formula is C10H10N4. The van der Waals surface area contributed by atoms with E-state index in [4.69, 9.17) is 11.5 Å². The second-order valence-electron chi connectivity index (χ2n) is 2.92. The Morgan fingerprint density at radius 2 is 1.79 bits per heavy atom. The van der Waals surface area contributed by atoms with Gasteiger partial charge in [-0.2, -0.15) is 0 Å². The van der Waals surface area contributed by atoms with Crippen molar-refractivity contribution in [3.05, 3.63) is 36.5 Å². The monoisotopic (exact) mass is 186 g/mol. The van der Waals surface area contributed by atoms with Gasteiger partial charge in [0.15, 0.2) is 0 Å². The zero-order chi connectivity index (χ0) is 9.97. The van der Waals surface area contributed by atoms with E-state index in [0.29, 0.717) is 11.5 Å². The maximum Gasteiger partial charge on any atom is 0.124 e. The molecule has 0 saturated heterocycles. The van der Waals surface area contributed by atoms with Gasteiger partial charge in [-0.05, 0) is 24.3 Å². The largest absolute Gasteiger partial charge is 0.397 e. The molecule has 0 aliphatic rings. The fourth-order valence-corrected chi connectivity index (χ4v) is 1.15. The van der Waals surface area contributed by atoms with E-state index in [-0.39, 0.29) is 0 Å². The maximum atomic E-state index is 5.56. The first-order valence-corrected chi connectivity index (χ1v) is 4.20. The third-order valence-corrected chi connectivity index (χ3v) is 1.82. The molecule has 14 heavy (non-hydrogen) atoms. The molecule has 2 heterocycles. The molecule has 4 nitrogen and oxygen atoms in total. The number of nitrogens with two attached hydrogens (primary N) is 2. The number of aromatic nitrogens is 2. The van der Waals surface area contributed by atoms with Gasteiger partial charge in [0, 0.05) is 0 Å². The van der Waals surface area contributed by atoms with Crippen molar-refractivity contribution in [2.24, 2.45) is 0 Å². The highest BCUT2D eigenvalue weighted by Gasteiger charge is 1.99. The topological polar surface area (TPSA) is 77.8 Å². The van der Waals surface area contributed by atoms with Gasteiger partial charge < -0.3 is 11.5 Å². The first-order chi connectivity index (χ1) is 6.75. The average molecular weight is 186 g/mol. The lowest BCUT2D eigenvalue weighted by Crippen LogP contribution is -1.93. The first kappa shape index (κ1) is 8.50. The molecular weight excluding hydrogens is 176 g/mol. The number of hydrogen-bond acceptors (Lipinski definition) is 4. The zero-order valence-corrected chi connectivity index (χ0v) is 7.51. The van der Waals surface area contributed by atoms with Crippen LogP contribution in [0.15, 0.2) is 36.5 Å². The summed E-state index contributed by atoms with van der Waals surface area (Å²) in [5.41, 5.74) is 13.3. The number of anilines is 2. The van der Waals surface area contributed by atoms with Crippen molar-refractivity contribution < 1.29 is 0 Å². The van der Waals surface area contributed by atoms with Gasteiger partial charge in [0.25, 0.3) is 0 Å². The highest BCUT2D eigenvalue weighted by atomic mass is 14.9. The Balaban J connectivity index is 2.44. The summed E-state index contributed by atoms with van der Waals surface area (Å²) < 4.78 is 0. The molecule has 0 radical (unpaired) electrons. The minimum absolute atomic E-state index is 0.487. The van der Waals surface area contributed by atoms with Crippen molar-refractivity contribution in [3.8, 4) is 11.4 Å². The molecule has 4 heteroatoms. The number of hydrogen-bond donors (Lipinski definition) is 2. The summed E-state index contributed by atoms with van der Waals surface area (Å²) in [5.74, 6) is 0.487. The highest BCUT2D eigenvalue weighted by Crippen LogP contribution is 2.15. The van der Waals surface area contributed by atoms with Crippen molar-refractivity contribution in [1.82, 2.24) is 9.97 Å². The molecule has 0 fully saturated rings. The van der Waals surface area contributed by atoms with Crippen LogP contribution in [-0.4, -0.2) is 9.97 Å². The minimum atomic E-state index is 0.487. The van der Waals surface area contributed by atoms with Crippen molar-refractivity contribution in [2.45, 2.75) is 0 Å². The van der Waals surface area contributed by atoms with Crippen LogP contribution in [0.3, 0.4) is 0 Å². The molecule has 70 valence electrons. The van der Waals surface area contributed by atoms with Crippen LogP contribution in [0, 0.1) is 0 Å². The third-order valence-electron chi connectivity index (χ3n) is 1.82. The average Bonchev–Trinajstić information content (AvgIpc) is 2.19. The zero-order valence-electron chi connectivity index (χ0n) is 7.51. The van der Waals surface area contributed by atoms with Crippen LogP contribution < -0.4 is 11.5 Å². The van der Waals surface area contributed by atoms with Crippen LogP contribution in [0.5, 0.6) is 0 Å². The van der Waals surface area contributed by atoms with Gasteiger partial charge in [0.05, 0.1) is 23.3 Å². The van der Waals surface area contributed by atoms with E-state index in [9.17, 15) is 0 Å². The van der Waals surface area contributed by atoms with Crippen molar-refractivity contribution in [2.75, 3.05) is 11.5 Å². The van der Waals surface area contributed by atoms with Crippen molar-refractivity contribution in [1.29, 1.82) is 0 Å². The Morgan fingerprint density at radius 3 is 2.43 bits per heavy atom. The van der Waals surface area contributed by atoms with E-state index in [0.717, 1.165) is 11.4 Å². The second kappa shape index (κ2) is 3.33. The summed E-state index contributed by atoms with van der Waals surface area (Å²) in [4.78, 5) is 8.29. The van der Waals surface area contributed by atoms with Crippen LogP contribution in [0.4, 0.5) is 11.5 Å². The van der Waals surface area contributed by atoms with E-state index in [1.54, 1.807) is 18.3 Å². The van der Waals surface area contributed by atoms with E-state index >= 15 is 0 Å². The van der Waals surface area contributed by atoms with Gasteiger partial charge in [-0.25, -0.2) is 4.98 Å². The quantitative estimate of drug-likeness (QED) is 0.703. The molecule has 2 rings (SSSR count). The summed E-state index contributed by atoms with van der Waals surface area (Å²) in [5, 5.41) is 0. The lowest BCUT2D eigenvalue weighted by atomic mass is 10.2. The second-order valence-corrected chi connectivity index (χ2v) is 2.92. The van der Waals surface area contributed by atoms with Gasteiger partial charge in [-0.15, -0.1) is 0 Å². The van der Waals surface area contributed by atoms with Gasteiger partial charge >= 0.3 is 0 Å². The lowest BCUT2D eigenvalue weighted by Gasteiger charge is -2.00. The standard InChI is InChI=1S/C10H10N4/c11-7-4-5-8(13-6-7)9-2-1-3-10(12)14-9/h1-6H,11H2,(H2,12,14). The summed E-state index contributed by atoms with van der Waals surface area (Å²) in [6, 6.07) is 9.04. The van der Waals surface area contributed by atoms with Crippen molar-refractivity contribution >= 4 is 11.5 Å². The third kappa shape index (κ3) is 1.64. The normalized spacial score (nSPS) is 10.0. The van der Waals surface area contributed by atoms with Gasteiger partial charge in [-0.3, -0.25) is 4.98 Å². The fourth-order valence-electron chi connectivity index (χ4n) is 1.15. The smallest absolute Gasteiger partial charge is 0.124 e. The SMILES string of the molecule is Nc1ccc(-c2cccc(N)n2)nc1. The van der Waals surface area contributed by atoms with Gasteiger partial charge in [0.1, 0.15) is 5.82 Å². The molecule has 0 aliphatic heterocycles. The molecule has 0 bridgehead atoms. The van der Waals surface area contributed by atoms with Gasteiger partial charge in [-0.1, -0.05) is 6.07 Å². The fraction of sp³-hybridized carbons (Fsp3) is 0. The molecule has 4 N–H and O–H groups in total. The minimum Gasteiger partial charge on any atom is -0.397 e. The number of pyridine rings is 2. The Hall–Kier alpha value is -2.10. The van der Waals surface area contributed by atoms with E-state index < -0.39 is 0 Å². The number of nitrogens with zero attached hydrogens (tertiary/aromatic N) is 2. The maximum absolute atomic E-state index is 5.56. The van der Waals surface area contributed by atoms with Crippen LogP contribution in [0.25, 0.3) is 11.4 Å². The predicted octanol–water partition coefficient (Wildman–Crippen LogP) is 1.31. The number of nitrogen functional groups attached to an aromatic ring is 2. The predicted molar refractivity (Wildman–Crippen MR) is 56.3 cm³/mol.